The topological polar surface area (TPSA) is 96.2 Å². The van der Waals surface area contributed by atoms with Crippen LogP contribution in [0.3, 0.4) is 0 Å². The molecule has 9 rings (SSSR count). The van der Waals surface area contributed by atoms with Crippen molar-refractivity contribution in [2.45, 2.75) is 153 Å². The first-order chi connectivity index (χ1) is 20.2. The molecule has 9 aliphatic rings. The summed E-state index contributed by atoms with van der Waals surface area (Å²) >= 11 is 0. The molecule has 8 N–H and O–H groups in total. The van der Waals surface area contributed by atoms with Gasteiger partial charge in [-0.05, 0) is 98.2 Å². The Balaban J connectivity index is 1.06. The minimum Gasteiger partial charge on any atom is -0.286 e. The summed E-state index contributed by atoms with van der Waals surface area (Å²) in [7, 11) is 0. The molecule has 230 valence electrons. The van der Waals surface area contributed by atoms with Crippen molar-refractivity contribution in [2.75, 3.05) is 0 Å². The number of nitrogens with one attached hydrogen (secondary N) is 8. The van der Waals surface area contributed by atoms with Crippen LogP contribution in [0.15, 0.2) is 0 Å². The molecule has 0 spiro atoms. The summed E-state index contributed by atoms with van der Waals surface area (Å²) in [6.07, 6.45) is 24.0. The lowest BCUT2D eigenvalue weighted by atomic mass is 9.72. The highest BCUT2D eigenvalue weighted by atomic mass is 15.4. The van der Waals surface area contributed by atoms with Crippen molar-refractivity contribution >= 4 is 0 Å². The molecular weight excluding hydrogens is 508 g/mol. The van der Waals surface area contributed by atoms with Gasteiger partial charge in [-0.1, -0.05) is 58.3 Å². The molecule has 17 unspecified atom stereocenters. The van der Waals surface area contributed by atoms with Gasteiger partial charge >= 0.3 is 0 Å². The van der Waals surface area contributed by atoms with Gasteiger partial charge in [-0.15, -0.1) is 0 Å². The summed E-state index contributed by atoms with van der Waals surface area (Å²) in [5.74, 6) is 6.66. The highest BCUT2D eigenvalue weighted by Crippen LogP contribution is 2.46. The fourth-order valence-corrected chi connectivity index (χ4v) is 12.4. The number of hydrogen-bond acceptors (Lipinski definition) is 8. The van der Waals surface area contributed by atoms with E-state index in [4.69, 9.17) is 0 Å². The zero-order valence-corrected chi connectivity index (χ0v) is 25.4. The smallest absolute Gasteiger partial charge is 0.0631 e. The zero-order chi connectivity index (χ0) is 27.1. The van der Waals surface area contributed by atoms with Gasteiger partial charge < -0.3 is 0 Å². The molecule has 5 aliphatic heterocycles. The minimum atomic E-state index is 0.397. The lowest BCUT2D eigenvalue weighted by molar-refractivity contribution is 0.132. The largest absolute Gasteiger partial charge is 0.286 e. The van der Waals surface area contributed by atoms with Gasteiger partial charge in [0.15, 0.2) is 0 Å². The second kappa shape index (κ2) is 10.9. The maximum atomic E-state index is 4.29. The molecule has 0 aromatic heterocycles. The maximum Gasteiger partial charge on any atom is 0.0631 e. The average molecular weight is 567 g/mol. The van der Waals surface area contributed by atoms with Crippen molar-refractivity contribution in [1.29, 1.82) is 0 Å². The van der Waals surface area contributed by atoms with Gasteiger partial charge in [0.2, 0.25) is 0 Å². The maximum absolute atomic E-state index is 4.29. The van der Waals surface area contributed by atoms with Gasteiger partial charge in [0.05, 0.1) is 49.3 Å². The highest BCUT2D eigenvalue weighted by Gasteiger charge is 2.55. The van der Waals surface area contributed by atoms with E-state index in [1.165, 1.54) is 96.3 Å². The van der Waals surface area contributed by atoms with Crippen LogP contribution in [-0.4, -0.2) is 49.3 Å². The SMILES string of the molecule is CC1CCCC2C3NC4NC(NC5NC(NC6NC(NC(N3)C12)C1CCCCC61)C1CCCCC51)C1CCCCC41. The van der Waals surface area contributed by atoms with Crippen LogP contribution in [-0.2, 0) is 0 Å². The van der Waals surface area contributed by atoms with Crippen LogP contribution < -0.4 is 42.5 Å². The highest BCUT2D eigenvalue weighted by molar-refractivity contribution is 5.08. The van der Waals surface area contributed by atoms with E-state index < -0.39 is 0 Å². The molecule has 0 amide bonds. The molecule has 41 heavy (non-hydrogen) atoms. The van der Waals surface area contributed by atoms with Gasteiger partial charge in [-0.3, -0.25) is 42.5 Å². The third-order valence-corrected chi connectivity index (χ3v) is 14.2. The van der Waals surface area contributed by atoms with Crippen molar-refractivity contribution in [3.05, 3.63) is 0 Å². The number of hydrogen-bond donors (Lipinski definition) is 8. The first-order valence-corrected chi connectivity index (χ1v) is 18.3. The minimum absolute atomic E-state index is 0.397. The Morgan fingerprint density at radius 3 is 0.902 bits per heavy atom. The van der Waals surface area contributed by atoms with Gasteiger partial charge in [0, 0.05) is 0 Å². The Hall–Kier alpha value is -0.320. The van der Waals surface area contributed by atoms with Gasteiger partial charge in [0.1, 0.15) is 0 Å². The molecule has 4 aliphatic carbocycles. The Bertz CT molecular complexity index is 946. The molecule has 4 saturated carbocycles. The summed E-state index contributed by atoms with van der Waals surface area (Å²) in [4.78, 5) is 0. The van der Waals surface area contributed by atoms with Gasteiger partial charge in [0.25, 0.3) is 0 Å². The quantitative estimate of drug-likeness (QED) is 0.227. The van der Waals surface area contributed by atoms with Crippen LogP contribution in [0.5, 0.6) is 0 Å². The summed E-state index contributed by atoms with van der Waals surface area (Å²) < 4.78 is 0. The molecule has 0 aromatic rings. The lowest BCUT2D eigenvalue weighted by Crippen LogP contribution is -2.61. The van der Waals surface area contributed by atoms with Crippen LogP contribution in [0, 0.1) is 53.3 Å². The molecule has 5 saturated heterocycles. The molecular formula is C33H58N8. The second-order valence-electron chi connectivity index (χ2n) is 16.1. The van der Waals surface area contributed by atoms with E-state index in [1.807, 2.05) is 0 Å². The van der Waals surface area contributed by atoms with Crippen LogP contribution >= 0.6 is 0 Å². The molecule has 5 heterocycles. The molecule has 8 nitrogen and oxygen atoms in total. The van der Waals surface area contributed by atoms with Crippen molar-refractivity contribution in [2.24, 2.45) is 53.3 Å². The van der Waals surface area contributed by atoms with Crippen LogP contribution in [0.4, 0.5) is 0 Å². The van der Waals surface area contributed by atoms with Crippen LogP contribution in [0.25, 0.3) is 0 Å². The third kappa shape index (κ3) is 4.60. The van der Waals surface area contributed by atoms with E-state index >= 15 is 0 Å². The summed E-state index contributed by atoms with van der Waals surface area (Å²) in [5.41, 5.74) is 0. The fourth-order valence-electron chi connectivity index (χ4n) is 12.4. The molecule has 8 bridgehead atoms. The van der Waals surface area contributed by atoms with E-state index in [9.17, 15) is 0 Å². The van der Waals surface area contributed by atoms with Gasteiger partial charge in [-0.25, -0.2) is 0 Å². The Morgan fingerprint density at radius 2 is 0.561 bits per heavy atom. The first-order valence-electron chi connectivity index (χ1n) is 18.3. The lowest BCUT2D eigenvalue weighted by Gasteiger charge is -2.38. The molecule has 9 fully saturated rings. The van der Waals surface area contributed by atoms with Crippen molar-refractivity contribution in [1.82, 2.24) is 42.5 Å². The predicted octanol–water partition coefficient (Wildman–Crippen LogP) is 2.85. The zero-order valence-electron chi connectivity index (χ0n) is 25.4. The van der Waals surface area contributed by atoms with Crippen molar-refractivity contribution in [3.8, 4) is 0 Å². The van der Waals surface area contributed by atoms with E-state index in [-0.39, 0.29) is 0 Å². The standard InChI is InChI=1S/C33H58N8/c1-17-9-8-16-24-25(17)33-40-31-23-15-7-6-14-22(23)29(38-31)36-27-19-11-3-2-10-18(19)26(34-27)35-28-20-12-4-5-13-21(20)30(37-28)39-32(24)41-33/h17-41H,2-16H2,1H3. The fraction of sp³-hybridized carbons (Fsp3) is 1.00. The monoisotopic (exact) mass is 566 g/mol. The Morgan fingerprint density at radius 1 is 0.293 bits per heavy atom. The summed E-state index contributed by atoms with van der Waals surface area (Å²) in [6.45, 7) is 2.54. The van der Waals surface area contributed by atoms with Crippen molar-refractivity contribution < 1.29 is 0 Å². The van der Waals surface area contributed by atoms with E-state index in [1.54, 1.807) is 0 Å². The molecule has 0 radical (unpaired) electrons. The second-order valence-corrected chi connectivity index (χ2v) is 16.1. The number of fused-ring (bicyclic) bond motifs is 20. The predicted molar refractivity (Wildman–Crippen MR) is 162 cm³/mol. The summed E-state index contributed by atoms with van der Waals surface area (Å²) in [6, 6.07) is 0. The normalized spacial score (nSPS) is 58.3. The Labute approximate surface area is 248 Å². The summed E-state index contributed by atoms with van der Waals surface area (Å²) in [5, 5.41) is 33.9. The Kier molecular flexibility index (Phi) is 7.21. The van der Waals surface area contributed by atoms with Crippen LogP contribution in [0.2, 0.25) is 0 Å². The van der Waals surface area contributed by atoms with Crippen molar-refractivity contribution in [3.63, 3.8) is 0 Å². The van der Waals surface area contributed by atoms with Crippen LogP contribution in [0.1, 0.15) is 103 Å². The molecule has 8 heteroatoms. The average Bonchev–Trinajstić information content (AvgIpc) is 3.73. The molecule has 0 aromatic carbocycles. The third-order valence-electron chi connectivity index (χ3n) is 14.2. The van der Waals surface area contributed by atoms with E-state index in [2.05, 4.69) is 49.5 Å². The number of rotatable bonds is 0. The van der Waals surface area contributed by atoms with E-state index in [0.29, 0.717) is 55.2 Å². The molecule has 17 atom stereocenters. The van der Waals surface area contributed by atoms with Gasteiger partial charge in [-0.2, -0.15) is 0 Å². The first kappa shape index (κ1) is 27.0. The van der Waals surface area contributed by atoms with E-state index in [0.717, 1.165) is 47.3 Å².